The summed E-state index contributed by atoms with van der Waals surface area (Å²) < 4.78 is 43.3. The summed E-state index contributed by atoms with van der Waals surface area (Å²) in [6.45, 7) is 0.458. The fourth-order valence-electron chi connectivity index (χ4n) is 1.75. The maximum absolute atomic E-state index is 12.9. The van der Waals surface area contributed by atoms with E-state index in [0.29, 0.717) is 13.0 Å². The molecule has 5 nitrogen and oxygen atoms in total. The molecule has 0 aliphatic rings. The van der Waals surface area contributed by atoms with Gasteiger partial charge < -0.3 is 4.74 Å². The molecule has 0 radical (unpaired) electrons. The molecule has 0 atom stereocenters. The van der Waals surface area contributed by atoms with Crippen molar-refractivity contribution in [3.63, 3.8) is 0 Å². The van der Waals surface area contributed by atoms with Crippen LogP contribution in [-0.4, -0.2) is 39.4 Å². The summed E-state index contributed by atoms with van der Waals surface area (Å²) in [5.74, 6) is -0.340. The van der Waals surface area contributed by atoms with Crippen LogP contribution in [-0.2, 0) is 21.2 Å². The van der Waals surface area contributed by atoms with Crippen molar-refractivity contribution in [3.8, 4) is 10.6 Å². The van der Waals surface area contributed by atoms with Crippen LogP contribution in [0.3, 0.4) is 0 Å². The third kappa shape index (κ3) is 5.13. The van der Waals surface area contributed by atoms with Gasteiger partial charge in [-0.05, 0) is 24.3 Å². The molecule has 0 spiro atoms. The van der Waals surface area contributed by atoms with E-state index in [0.717, 1.165) is 16.3 Å². The average Bonchev–Trinajstić information content (AvgIpc) is 2.94. The molecule has 1 heterocycles. The second-order valence-electron chi connectivity index (χ2n) is 4.61. The molecule has 0 fully saturated rings. The van der Waals surface area contributed by atoms with E-state index in [1.807, 2.05) is 5.38 Å². The van der Waals surface area contributed by atoms with Gasteiger partial charge in [-0.3, -0.25) is 0 Å². The third-order valence-corrected chi connectivity index (χ3v) is 5.19. The molecule has 0 bridgehead atoms. The molecule has 22 heavy (non-hydrogen) atoms. The summed E-state index contributed by atoms with van der Waals surface area (Å²) in [7, 11) is -1.84. The summed E-state index contributed by atoms with van der Waals surface area (Å²) in [5, 5.41) is 2.67. The molecule has 2 rings (SSSR count). The first-order valence-electron chi connectivity index (χ1n) is 6.67. The predicted octanol–water partition coefficient (Wildman–Crippen LogP) is 2.06. The Morgan fingerprint density at radius 2 is 2.05 bits per heavy atom. The molecule has 1 aromatic heterocycles. The van der Waals surface area contributed by atoms with Crippen LogP contribution in [0.15, 0.2) is 29.6 Å². The fourth-order valence-corrected chi connectivity index (χ4v) is 3.55. The lowest BCUT2D eigenvalue weighted by molar-refractivity contribution is 0.217. The number of methoxy groups -OCH3 is 1. The highest BCUT2D eigenvalue weighted by atomic mass is 32.2. The Kier molecular flexibility index (Phi) is 6.01. The van der Waals surface area contributed by atoms with E-state index in [-0.39, 0.29) is 18.2 Å². The molecule has 1 N–H and O–H groups in total. The number of halogens is 1. The number of nitrogens with one attached hydrogen (secondary N) is 1. The SMILES string of the molecule is COCCS(=O)(=O)NCCc1csc(-c2ccc(F)cc2)n1. The fraction of sp³-hybridized carbons (Fsp3) is 0.357. The summed E-state index contributed by atoms with van der Waals surface area (Å²) in [6.07, 6.45) is 0.504. The zero-order valence-electron chi connectivity index (χ0n) is 12.1. The van der Waals surface area contributed by atoms with Crippen molar-refractivity contribution < 1.29 is 17.5 Å². The van der Waals surface area contributed by atoms with Crippen LogP contribution < -0.4 is 4.72 Å². The number of benzene rings is 1. The van der Waals surface area contributed by atoms with Crippen molar-refractivity contribution in [3.05, 3.63) is 41.2 Å². The molecule has 0 aliphatic heterocycles. The minimum absolute atomic E-state index is 0.0542. The Morgan fingerprint density at radius 3 is 2.73 bits per heavy atom. The monoisotopic (exact) mass is 344 g/mol. The number of aromatic nitrogens is 1. The van der Waals surface area contributed by atoms with Gasteiger partial charge in [-0.15, -0.1) is 11.3 Å². The Labute approximate surface area is 133 Å². The van der Waals surface area contributed by atoms with Crippen LogP contribution >= 0.6 is 11.3 Å². The smallest absolute Gasteiger partial charge is 0.213 e. The Hall–Kier alpha value is -1.35. The summed E-state index contributed by atoms with van der Waals surface area (Å²) in [5.41, 5.74) is 1.65. The second-order valence-corrected chi connectivity index (χ2v) is 7.39. The third-order valence-electron chi connectivity index (χ3n) is 2.90. The van der Waals surface area contributed by atoms with Gasteiger partial charge in [0.15, 0.2) is 0 Å². The number of thiazole rings is 1. The number of rotatable bonds is 8. The van der Waals surface area contributed by atoms with Gasteiger partial charge in [-0.2, -0.15) is 0 Å². The van der Waals surface area contributed by atoms with Gasteiger partial charge in [0.25, 0.3) is 0 Å². The Morgan fingerprint density at radius 1 is 1.32 bits per heavy atom. The number of nitrogens with zero attached hydrogens (tertiary/aromatic N) is 1. The minimum atomic E-state index is -3.31. The van der Waals surface area contributed by atoms with E-state index in [4.69, 9.17) is 4.74 Å². The van der Waals surface area contributed by atoms with E-state index in [9.17, 15) is 12.8 Å². The molecule has 0 unspecified atom stereocenters. The van der Waals surface area contributed by atoms with Gasteiger partial charge in [0.2, 0.25) is 10.0 Å². The highest BCUT2D eigenvalue weighted by Gasteiger charge is 2.10. The Bertz CT molecular complexity index is 699. The minimum Gasteiger partial charge on any atom is -0.384 e. The number of ether oxygens (including phenoxy) is 1. The van der Waals surface area contributed by atoms with E-state index in [1.165, 1.54) is 30.6 Å². The van der Waals surface area contributed by atoms with Gasteiger partial charge in [0.1, 0.15) is 10.8 Å². The molecule has 0 aliphatic carbocycles. The molecular formula is C14H17FN2O3S2. The van der Waals surface area contributed by atoms with Gasteiger partial charge in [0.05, 0.1) is 18.1 Å². The van der Waals surface area contributed by atoms with Crippen molar-refractivity contribution in [1.82, 2.24) is 9.71 Å². The highest BCUT2D eigenvalue weighted by Crippen LogP contribution is 2.23. The summed E-state index contributed by atoms with van der Waals surface area (Å²) in [4.78, 5) is 4.43. The number of hydrogen-bond acceptors (Lipinski definition) is 5. The first kappa shape index (κ1) is 17.0. The van der Waals surface area contributed by atoms with Gasteiger partial charge in [-0.1, -0.05) is 0 Å². The second kappa shape index (κ2) is 7.77. The molecular weight excluding hydrogens is 327 g/mol. The standard InChI is InChI=1S/C14H17FN2O3S2/c1-20-8-9-22(18,19)16-7-6-13-10-21-14(17-13)11-2-4-12(15)5-3-11/h2-5,10,16H,6-9H2,1H3. The van der Waals surface area contributed by atoms with E-state index in [1.54, 1.807) is 12.1 Å². The van der Waals surface area contributed by atoms with Crippen molar-refractivity contribution in [2.45, 2.75) is 6.42 Å². The van der Waals surface area contributed by atoms with E-state index >= 15 is 0 Å². The summed E-state index contributed by atoms with van der Waals surface area (Å²) >= 11 is 1.45. The quantitative estimate of drug-likeness (QED) is 0.796. The summed E-state index contributed by atoms with van der Waals surface area (Å²) in [6, 6.07) is 6.12. The average molecular weight is 344 g/mol. The molecule has 1 aromatic carbocycles. The molecule has 0 amide bonds. The lowest BCUT2D eigenvalue weighted by atomic mass is 10.2. The van der Waals surface area contributed by atoms with Crippen LogP contribution in [0.4, 0.5) is 4.39 Å². The van der Waals surface area contributed by atoms with Crippen molar-refractivity contribution in [1.29, 1.82) is 0 Å². The molecule has 2 aromatic rings. The normalized spacial score (nSPS) is 11.7. The van der Waals surface area contributed by atoms with Gasteiger partial charge in [-0.25, -0.2) is 22.5 Å². The molecule has 0 saturated carbocycles. The van der Waals surface area contributed by atoms with Crippen LogP contribution in [0.25, 0.3) is 10.6 Å². The first-order chi connectivity index (χ1) is 10.5. The maximum Gasteiger partial charge on any atom is 0.213 e. The van der Waals surface area contributed by atoms with Crippen molar-refractivity contribution >= 4 is 21.4 Å². The molecule has 8 heteroatoms. The number of hydrogen-bond donors (Lipinski definition) is 1. The van der Waals surface area contributed by atoms with Crippen molar-refractivity contribution in [2.24, 2.45) is 0 Å². The zero-order chi connectivity index (χ0) is 16.0. The lowest BCUT2D eigenvalue weighted by Crippen LogP contribution is -2.30. The predicted molar refractivity (Wildman–Crippen MR) is 84.9 cm³/mol. The largest absolute Gasteiger partial charge is 0.384 e. The molecule has 120 valence electrons. The van der Waals surface area contributed by atoms with Crippen LogP contribution in [0.2, 0.25) is 0 Å². The van der Waals surface area contributed by atoms with Gasteiger partial charge in [0, 0.05) is 31.0 Å². The zero-order valence-corrected chi connectivity index (χ0v) is 13.7. The Balaban J connectivity index is 1.89. The molecule has 0 saturated heterocycles. The number of sulfonamides is 1. The van der Waals surface area contributed by atoms with Gasteiger partial charge >= 0.3 is 0 Å². The van der Waals surface area contributed by atoms with Crippen LogP contribution in [0.5, 0.6) is 0 Å². The topological polar surface area (TPSA) is 68.3 Å². The van der Waals surface area contributed by atoms with Crippen molar-refractivity contribution in [2.75, 3.05) is 26.0 Å². The van der Waals surface area contributed by atoms with Crippen LogP contribution in [0.1, 0.15) is 5.69 Å². The maximum atomic E-state index is 12.9. The highest BCUT2D eigenvalue weighted by molar-refractivity contribution is 7.89. The first-order valence-corrected chi connectivity index (χ1v) is 9.20. The van der Waals surface area contributed by atoms with Crippen LogP contribution in [0, 0.1) is 5.82 Å². The lowest BCUT2D eigenvalue weighted by Gasteiger charge is -2.04. The van der Waals surface area contributed by atoms with E-state index in [2.05, 4.69) is 9.71 Å². The van der Waals surface area contributed by atoms with E-state index < -0.39 is 10.0 Å².